The number of thiophene rings is 1. The first kappa shape index (κ1) is 15.7. The van der Waals surface area contributed by atoms with Crippen LogP contribution >= 0.6 is 38.9 Å². The molecule has 108 valence electrons. The van der Waals surface area contributed by atoms with E-state index in [9.17, 15) is 8.42 Å². The monoisotopic (exact) mass is 395 g/mol. The molecule has 2 aromatic rings. The van der Waals surface area contributed by atoms with E-state index < -0.39 is 10.0 Å². The minimum atomic E-state index is -3.63. The molecular weight excluding hydrogens is 386 g/mol. The number of nitrogens with zero attached hydrogens (tertiary/aromatic N) is 1. The molecule has 2 aromatic heterocycles. The third-order valence-corrected chi connectivity index (χ3v) is 5.78. The number of hydrogen-bond acceptors (Lipinski definition) is 5. The van der Waals surface area contributed by atoms with Crippen molar-refractivity contribution in [1.29, 1.82) is 0 Å². The molecule has 0 aliphatic heterocycles. The summed E-state index contributed by atoms with van der Waals surface area (Å²) in [6.45, 7) is 0.226. The normalized spacial score (nSPS) is 11.6. The largest absolute Gasteiger partial charge is 0.372 e. The molecule has 2 rings (SSSR count). The SMILES string of the molecule is CNc1ncc(S(=O)(=O)NCc2cc(Br)cs2)cc1Cl. The van der Waals surface area contributed by atoms with Gasteiger partial charge in [0.25, 0.3) is 0 Å². The second-order valence-corrected chi connectivity index (χ2v) is 7.89. The van der Waals surface area contributed by atoms with Crippen molar-refractivity contribution in [3.05, 3.63) is 38.1 Å². The fourth-order valence-corrected chi connectivity index (χ4v) is 4.23. The van der Waals surface area contributed by atoms with Crippen LogP contribution in [0.1, 0.15) is 4.88 Å². The molecule has 0 atom stereocenters. The van der Waals surface area contributed by atoms with Crippen molar-refractivity contribution in [2.75, 3.05) is 12.4 Å². The molecule has 2 heterocycles. The Morgan fingerprint density at radius 3 is 2.75 bits per heavy atom. The number of halogens is 2. The number of pyridine rings is 1. The fraction of sp³-hybridized carbons (Fsp3) is 0.182. The van der Waals surface area contributed by atoms with Crippen LogP contribution in [0.25, 0.3) is 0 Å². The smallest absolute Gasteiger partial charge is 0.242 e. The molecule has 0 fully saturated rings. The summed E-state index contributed by atoms with van der Waals surface area (Å²) >= 11 is 10.7. The van der Waals surface area contributed by atoms with Crippen LogP contribution in [0.2, 0.25) is 5.02 Å². The molecular formula is C11H11BrClN3O2S2. The zero-order chi connectivity index (χ0) is 14.8. The van der Waals surface area contributed by atoms with Gasteiger partial charge in [-0.05, 0) is 28.1 Å². The summed E-state index contributed by atoms with van der Waals surface area (Å²) in [6, 6.07) is 3.23. The molecule has 0 aromatic carbocycles. The lowest BCUT2D eigenvalue weighted by Crippen LogP contribution is -2.23. The molecule has 0 aliphatic rings. The average molecular weight is 397 g/mol. The number of nitrogens with one attached hydrogen (secondary N) is 2. The maximum Gasteiger partial charge on any atom is 0.242 e. The van der Waals surface area contributed by atoms with E-state index in [1.165, 1.54) is 23.6 Å². The van der Waals surface area contributed by atoms with Crippen LogP contribution < -0.4 is 10.0 Å². The van der Waals surface area contributed by atoms with Gasteiger partial charge in [-0.3, -0.25) is 0 Å². The van der Waals surface area contributed by atoms with Gasteiger partial charge in [0.1, 0.15) is 10.7 Å². The summed E-state index contributed by atoms with van der Waals surface area (Å²) in [7, 11) is -1.97. The standard InChI is InChI=1S/C11H11BrClN3O2S2/c1-14-11-10(13)3-9(5-15-11)20(17,18)16-4-8-2-7(12)6-19-8/h2-3,5-6,16H,4H2,1H3,(H,14,15). The average Bonchev–Trinajstić information content (AvgIpc) is 2.82. The third kappa shape index (κ3) is 3.70. The predicted molar refractivity (Wildman–Crippen MR) is 84.8 cm³/mol. The third-order valence-electron chi connectivity index (χ3n) is 2.42. The molecule has 0 amide bonds. The topological polar surface area (TPSA) is 71.1 Å². The summed E-state index contributed by atoms with van der Waals surface area (Å²) < 4.78 is 27.7. The summed E-state index contributed by atoms with van der Waals surface area (Å²) in [5, 5.41) is 4.92. The van der Waals surface area contributed by atoms with E-state index in [1.54, 1.807) is 7.05 Å². The van der Waals surface area contributed by atoms with Crippen molar-refractivity contribution in [3.8, 4) is 0 Å². The van der Waals surface area contributed by atoms with E-state index in [4.69, 9.17) is 11.6 Å². The van der Waals surface area contributed by atoms with Crippen LogP contribution in [0.3, 0.4) is 0 Å². The summed E-state index contributed by atoms with van der Waals surface area (Å²) in [4.78, 5) is 4.90. The van der Waals surface area contributed by atoms with E-state index in [2.05, 4.69) is 31.0 Å². The molecule has 0 radical (unpaired) electrons. The second-order valence-electron chi connectivity index (χ2n) is 3.81. The van der Waals surface area contributed by atoms with Crippen molar-refractivity contribution >= 4 is 54.7 Å². The van der Waals surface area contributed by atoms with Gasteiger partial charge in [-0.1, -0.05) is 11.6 Å². The van der Waals surface area contributed by atoms with Gasteiger partial charge in [0.2, 0.25) is 10.0 Å². The Balaban J connectivity index is 2.15. The van der Waals surface area contributed by atoms with Crippen molar-refractivity contribution in [3.63, 3.8) is 0 Å². The number of sulfonamides is 1. The minimum absolute atomic E-state index is 0.0390. The Bertz CT molecular complexity index is 718. The van der Waals surface area contributed by atoms with Gasteiger partial charge < -0.3 is 5.32 Å². The van der Waals surface area contributed by atoms with Crippen LogP contribution in [0.15, 0.2) is 33.1 Å². The summed E-state index contributed by atoms with van der Waals surface area (Å²) in [5.74, 6) is 0.438. The van der Waals surface area contributed by atoms with Crippen LogP contribution in [0, 0.1) is 0 Å². The first-order valence-corrected chi connectivity index (χ1v) is 9.01. The van der Waals surface area contributed by atoms with Gasteiger partial charge in [-0.2, -0.15) is 0 Å². The van der Waals surface area contributed by atoms with Crippen LogP contribution in [-0.4, -0.2) is 20.4 Å². The van der Waals surface area contributed by atoms with Crippen LogP contribution in [0.4, 0.5) is 5.82 Å². The van der Waals surface area contributed by atoms with Gasteiger partial charge in [0.05, 0.1) is 5.02 Å². The van der Waals surface area contributed by atoms with Crippen LogP contribution in [-0.2, 0) is 16.6 Å². The molecule has 0 spiro atoms. The van der Waals surface area contributed by atoms with Gasteiger partial charge in [0.15, 0.2) is 0 Å². The Hall–Kier alpha value is -0.670. The molecule has 9 heteroatoms. The van der Waals surface area contributed by atoms with E-state index in [1.807, 2.05) is 11.4 Å². The number of aromatic nitrogens is 1. The highest BCUT2D eigenvalue weighted by Crippen LogP contribution is 2.23. The van der Waals surface area contributed by atoms with Crippen LogP contribution in [0.5, 0.6) is 0 Å². The van der Waals surface area contributed by atoms with Crippen molar-refractivity contribution < 1.29 is 8.42 Å². The molecule has 20 heavy (non-hydrogen) atoms. The number of hydrogen-bond donors (Lipinski definition) is 2. The number of anilines is 1. The quantitative estimate of drug-likeness (QED) is 0.815. The molecule has 0 saturated heterocycles. The Morgan fingerprint density at radius 1 is 1.45 bits per heavy atom. The molecule has 0 saturated carbocycles. The van der Waals surface area contributed by atoms with E-state index in [0.717, 1.165) is 9.35 Å². The molecule has 5 nitrogen and oxygen atoms in total. The Morgan fingerprint density at radius 2 is 2.20 bits per heavy atom. The molecule has 0 aliphatic carbocycles. The lowest BCUT2D eigenvalue weighted by molar-refractivity contribution is 0.581. The second kappa shape index (κ2) is 6.40. The summed E-state index contributed by atoms with van der Waals surface area (Å²) in [5.41, 5.74) is 0. The highest BCUT2D eigenvalue weighted by atomic mass is 79.9. The zero-order valence-corrected chi connectivity index (χ0v) is 14.3. The maximum atomic E-state index is 12.1. The lowest BCUT2D eigenvalue weighted by atomic mass is 10.4. The van der Waals surface area contributed by atoms with E-state index in [-0.39, 0.29) is 16.5 Å². The highest BCUT2D eigenvalue weighted by Gasteiger charge is 2.16. The molecule has 0 bridgehead atoms. The molecule has 2 N–H and O–H groups in total. The predicted octanol–water partition coefficient (Wildman–Crippen LogP) is 3.08. The lowest BCUT2D eigenvalue weighted by Gasteiger charge is -2.07. The van der Waals surface area contributed by atoms with Gasteiger partial charge in [-0.25, -0.2) is 18.1 Å². The van der Waals surface area contributed by atoms with E-state index >= 15 is 0 Å². The zero-order valence-electron chi connectivity index (χ0n) is 10.4. The van der Waals surface area contributed by atoms with Crippen molar-refractivity contribution in [2.45, 2.75) is 11.4 Å². The first-order valence-electron chi connectivity index (χ1n) is 5.48. The maximum absolute atomic E-state index is 12.1. The Kier molecular flexibility index (Phi) is 5.03. The highest BCUT2D eigenvalue weighted by molar-refractivity contribution is 9.10. The van der Waals surface area contributed by atoms with Crippen molar-refractivity contribution in [2.24, 2.45) is 0 Å². The fourth-order valence-electron chi connectivity index (χ4n) is 1.45. The summed E-state index contributed by atoms with van der Waals surface area (Å²) in [6.07, 6.45) is 1.27. The van der Waals surface area contributed by atoms with Gasteiger partial charge in [0, 0.05) is 34.5 Å². The number of rotatable bonds is 5. The van der Waals surface area contributed by atoms with Gasteiger partial charge >= 0.3 is 0 Å². The van der Waals surface area contributed by atoms with Gasteiger partial charge in [-0.15, -0.1) is 11.3 Å². The Labute approximate surface area is 134 Å². The first-order chi connectivity index (χ1) is 9.42. The van der Waals surface area contributed by atoms with E-state index in [0.29, 0.717) is 5.82 Å². The minimum Gasteiger partial charge on any atom is -0.372 e. The van der Waals surface area contributed by atoms with Crippen molar-refractivity contribution in [1.82, 2.24) is 9.71 Å². The molecule has 0 unspecified atom stereocenters.